The van der Waals surface area contributed by atoms with Gasteiger partial charge in [0.2, 0.25) is 0 Å². The molecule has 0 unspecified atom stereocenters. The Morgan fingerprint density at radius 2 is 0.682 bits per heavy atom. The van der Waals surface area contributed by atoms with Gasteiger partial charge >= 0.3 is 0 Å². The molecule has 0 saturated carbocycles. The summed E-state index contributed by atoms with van der Waals surface area (Å²) in [7, 11) is 0. The first-order valence-electron chi connectivity index (χ1n) is 23.1. The highest BCUT2D eigenvalue weighted by Gasteiger charge is 2.20. The van der Waals surface area contributed by atoms with Crippen molar-refractivity contribution >= 4 is 0 Å². The van der Waals surface area contributed by atoms with Gasteiger partial charge in [-0.15, -0.1) is 0 Å². The summed E-state index contributed by atoms with van der Waals surface area (Å²) in [5, 5.41) is 0. The summed E-state index contributed by atoms with van der Waals surface area (Å²) in [4.78, 5) is 0. The second-order valence-electron chi connectivity index (χ2n) is 17.7. The SMILES string of the molecule is Cc1ccc(C(c2ccc(C)cc2)c2cc3cc(c2)OCC[n+]2ccc(cc2)-c2cc[n+](cc2)Cc2ccc(cc2)Cc2ccc(cc2)C[n+]2ccc(cc2)-c2cc[n+](cc2)CCO3)cc1. The minimum Gasteiger partial charge on any atom is -0.487 e. The second-order valence-corrected chi connectivity index (χ2v) is 17.7. The Hall–Kier alpha value is -7.70. The average Bonchev–Trinajstić information content (AvgIpc) is 3.35. The molecule has 0 saturated heterocycles. The number of fused-ring (bicyclic) bond motifs is 2. The van der Waals surface area contributed by atoms with Gasteiger partial charge in [0.1, 0.15) is 24.7 Å². The Morgan fingerprint density at radius 3 is 1.05 bits per heavy atom. The van der Waals surface area contributed by atoms with Gasteiger partial charge in [0, 0.05) is 71.6 Å². The third-order valence-corrected chi connectivity index (χ3v) is 12.7. The smallest absolute Gasteiger partial charge is 0.182 e. The van der Waals surface area contributed by atoms with Crippen molar-refractivity contribution in [3.05, 3.63) is 263 Å². The maximum absolute atomic E-state index is 6.58. The predicted molar refractivity (Wildman–Crippen MR) is 259 cm³/mol. The van der Waals surface area contributed by atoms with Crippen molar-refractivity contribution in [2.45, 2.75) is 52.4 Å². The van der Waals surface area contributed by atoms with Crippen LogP contribution in [0.2, 0.25) is 0 Å². The van der Waals surface area contributed by atoms with E-state index in [1.165, 1.54) is 66.8 Å². The van der Waals surface area contributed by atoms with Gasteiger partial charge < -0.3 is 9.47 Å². The molecule has 0 amide bonds. The minimum absolute atomic E-state index is 0.00365. The highest BCUT2D eigenvalue weighted by molar-refractivity contribution is 5.62. The van der Waals surface area contributed by atoms with Crippen molar-refractivity contribution in [1.29, 1.82) is 0 Å². The summed E-state index contributed by atoms with van der Waals surface area (Å²) in [6, 6.07) is 59.8. The Morgan fingerprint density at radius 1 is 0.348 bits per heavy atom. The molecule has 9 aliphatic rings. The number of aromatic nitrogens is 4. The summed E-state index contributed by atoms with van der Waals surface area (Å²) in [6.07, 6.45) is 18.2. The standard InChI is InChI=1S/C60H56N4O2/c1-45-3-15-55(16-4-45)60(56-17-5-46(2)6-18-56)57-40-58-42-59(41-57)66-38-36-62-29-21-52(22-30-62)54-25-33-64(34-26-54)44-50-13-9-48(10-14-50)39-47-7-11-49(12-8-47)43-63-31-23-53(24-32-63)51-19-27-61(28-20-51)35-37-65-58/h3-34,40-42,60H,35-39,43-44H2,1-2H3/q+4. The van der Waals surface area contributed by atoms with Gasteiger partial charge in [0.15, 0.2) is 75.8 Å². The van der Waals surface area contributed by atoms with Gasteiger partial charge in [-0.25, -0.2) is 18.3 Å². The zero-order valence-electron chi connectivity index (χ0n) is 37.8. The van der Waals surface area contributed by atoms with E-state index in [9.17, 15) is 0 Å². The zero-order valence-corrected chi connectivity index (χ0v) is 37.8. The van der Waals surface area contributed by atoms with Crippen LogP contribution in [0.3, 0.4) is 0 Å². The highest BCUT2D eigenvalue weighted by Crippen LogP contribution is 2.37. The molecule has 6 nitrogen and oxygen atoms in total. The molecule has 0 atom stereocenters. The second kappa shape index (κ2) is 19.6. The first-order valence-corrected chi connectivity index (χ1v) is 23.1. The van der Waals surface area contributed by atoms with E-state index in [1.54, 1.807) is 0 Å². The van der Waals surface area contributed by atoms with E-state index in [1.807, 2.05) is 6.07 Å². The third-order valence-electron chi connectivity index (χ3n) is 12.7. The van der Waals surface area contributed by atoms with Crippen molar-refractivity contribution in [1.82, 2.24) is 0 Å². The molecule has 9 aliphatic heterocycles. The van der Waals surface area contributed by atoms with Crippen LogP contribution < -0.4 is 27.7 Å². The van der Waals surface area contributed by atoms with E-state index < -0.39 is 0 Å². The summed E-state index contributed by atoms with van der Waals surface area (Å²) in [6.45, 7) is 8.34. The van der Waals surface area contributed by atoms with Crippen molar-refractivity contribution in [3.63, 3.8) is 0 Å². The van der Waals surface area contributed by atoms with Crippen LogP contribution >= 0.6 is 0 Å². The summed E-state index contributed by atoms with van der Waals surface area (Å²) < 4.78 is 22.0. The fourth-order valence-corrected chi connectivity index (χ4v) is 8.85. The number of hydrogen-bond donors (Lipinski definition) is 0. The molecular weight excluding hydrogens is 809 g/mol. The van der Waals surface area contributed by atoms with Crippen LogP contribution in [0, 0.1) is 13.8 Å². The van der Waals surface area contributed by atoms with Gasteiger partial charge in [-0.2, -0.15) is 0 Å². The molecule has 5 aromatic carbocycles. The molecule has 0 radical (unpaired) electrons. The molecule has 14 bridgehead atoms. The molecule has 0 aliphatic carbocycles. The Bertz CT molecular complexity index is 2800. The van der Waals surface area contributed by atoms with Crippen LogP contribution in [0.1, 0.15) is 56.0 Å². The zero-order chi connectivity index (χ0) is 44.7. The predicted octanol–water partition coefficient (Wildman–Crippen LogP) is 10.1. The first-order chi connectivity index (χ1) is 32.4. The van der Waals surface area contributed by atoms with E-state index in [0.29, 0.717) is 26.3 Å². The van der Waals surface area contributed by atoms with Crippen molar-refractivity contribution in [2.24, 2.45) is 0 Å². The normalized spacial score (nSPS) is 13.0. The monoisotopic (exact) mass is 864 g/mol. The topological polar surface area (TPSA) is 34.0 Å². The summed E-state index contributed by atoms with van der Waals surface area (Å²) >= 11 is 0. The largest absolute Gasteiger partial charge is 0.487 e. The van der Waals surface area contributed by atoms with Crippen LogP contribution in [-0.4, -0.2) is 13.2 Å². The van der Waals surface area contributed by atoms with Crippen molar-refractivity contribution in [2.75, 3.05) is 13.2 Å². The fourth-order valence-electron chi connectivity index (χ4n) is 8.85. The van der Waals surface area contributed by atoms with E-state index in [4.69, 9.17) is 9.47 Å². The molecule has 0 N–H and O–H groups in total. The fraction of sp³-hybridized carbons (Fsp3) is 0.167. The number of pyridine rings is 4. The van der Waals surface area contributed by atoms with Gasteiger partial charge in [-0.05, 0) is 82.5 Å². The molecule has 324 valence electrons. The minimum atomic E-state index is 0.00365. The first kappa shape index (κ1) is 42.3. The number of ether oxygens (including phenoxy) is 2. The number of aryl methyl sites for hydroxylation is 2. The number of benzene rings is 5. The van der Waals surface area contributed by atoms with Crippen LogP contribution in [0.25, 0.3) is 22.3 Å². The lowest BCUT2D eigenvalue weighted by Crippen LogP contribution is -2.36. The van der Waals surface area contributed by atoms with Crippen LogP contribution in [-0.2, 0) is 32.6 Å². The van der Waals surface area contributed by atoms with Gasteiger partial charge in [-0.3, -0.25) is 0 Å². The van der Waals surface area contributed by atoms with E-state index in [0.717, 1.165) is 36.6 Å². The van der Waals surface area contributed by atoms with E-state index >= 15 is 0 Å². The maximum atomic E-state index is 6.58. The summed E-state index contributed by atoms with van der Waals surface area (Å²) in [5.74, 6) is 1.59. The van der Waals surface area contributed by atoms with Gasteiger partial charge in [-0.1, -0.05) is 108 Å². The Labute approximate surface area is 388 Å². The van der Waals surface area contributed by atoms with E-state index in [-0.39, 0.29) is 5.92 Å². The number of nitrogens with zero attached hydrogens (tertiary/aromatic N) is 4. The lowest BCUT2D eigenvalue weighted by Gasteiger charge is -2.21. The molecule has 66 heavy (non-hydrogen) atoms. The molecular formula is C60H56N4O2+4. The van der Waals surface area contributed by atoms with E-state index in [2.05, 4.69) is 239 Å². The highest BCUT2D eigenvalue weighted by atomic mass is 16.5. The number of hydrogen-bond acceptors (Lipinski definition) is 2. The molecule has 9 aromatic rings. The lowest BCUT2D eigenvalue weighted by atomic mass is 9.84. The van der Waals surface area contributed by atoms with Crippen LogP contribution in [0.4, 0.5) is 0 Å². The third kappa shape index (κ3) is 10.5. The van der Waals surface area contributed by atoms with Gasteiger partial charge in [0.25, 0.3) is 0 Å². The Kier molecular flexibility index (Phi) is 12.5. The molecule has 0 fully saturated rings. The molecule has 0 spiro atoms. The quantitative estimate of drug-likeness (QED) is 0.131. The molecule has 18 rings (SSSR count). The lowest BCUT2D eigenvalue weighted by molar-refractivity contribution is -0.697. The van der Waals surface area contributed by atoms with Gasteiger partial charge in [0.05, 0.1) is 0 Å². The number of rotatable bonds is 3. The van der Waals surface area contributed by atoms with Crippen molar-refractivity contribution in [3.8, 4) is 33.8 Å². The molecule has 13 heterocycles. The van der Waals surface area contributed by atoms with Crippen molar-refractivity contribution < 1.29 is 27.7 Å². The Balaban J connectivity index is 0.927. The average molecular weight is 865 g/mol. The molecule has 6 heteroatoms. The van der Waals surface area contributed by atoms with Crippen LogP contribution in [0.5, 0.6) is 11.5 Å². The maximum Gasteiger partial charge on any atom is 0.182 e. The molecule has 4 aromatic heterocycles. The van der Waals surface area contributed by atoms with Crippen LogP contribution in [0.15, 0.2) is 213 Å². The summed E-state index contributed by atoms with van der Waals surface area (Å²) in [5.41, 5.74) is 16.0.